The molecule has 0 fully saturated rings. The average Bonchev–Trinajstić information content (AvgIpc) is 2.97. The van der Waals surface area contributed by atoms with Gasteiger partial charge < -0.3 is 9.94 Å². The highest BCUT2D eigenvalue weighted by Gasteiger charge is 2.21. The van der Waals surface area contributed by atoms with Crippen LogP contribution in [0.3, 0.4) is 0 Å². The Morgan fingerprint density at radius 2 is 1.89 bits per heavy atom. The smallest absolute Gasteiger partial charge is 0.156 e. The summed E-state index contributed by atoms with van der Waals surface area (Å²) in [6.07, 6.45) is 2.23. The summed E-state index contributed by atoms with van der Waals surface area (Å²) in [7, 11) is 0. The molecule has 3 rings (SSSR count). The minimum atomic E-state index is -0.203. The lowest BCUT2D eigenvalue weighted by atomic mass is 10.0. The standard InChI is InChI=1S/C15H14N2O2/c18-10-13-9-15(17-19-13)12-6-4-11(5-7-12)14-3-1-2-8-16-14/h1-8,13,18H,9-10H2. The maximum Gasteiger partial charge on any atom is 0.156 e. The summed E-state index contributed by atoms with van der Waals surface area (Å²) in [5, 5.41) is 13.0. The molecule has 4 heteroatoms. The third-order valence-corrected chi connectivity index (χ3v) is 3.12. The zero-order valence-electron chi connectivity index (χ0n) is 10.4. The van der Waals surface area contributed by atoms with E-state index in [0.29, 0.717) is 6.42 Å². The van der Waals surface area contributed by atoms with Crippen molar-refractivity contribution in [3.63, 3.8) is 0 Å². The number of benzene rings is 1. The van der Waals surface area contributed by atoms with Crippen molar-refractivity contribution in [2.45, 2.75) is 12.5 Å². The summed E-state index contributed by atoms with van der Waals surface area (Å²) in [5.74, 6) is 0. The van der Waals surface area contributed by atoms with Crippen LogP contribution >= 0.6 is 0 Å². The molecular weight excluding hydrogens is 240 g/mol. The zero-order chi connectivity index (χ0) is 13.1. The summed E-state index contributed by atoms with van der Waals surface area (Å²) >= 11 is 0. The van der Waals surface area contributed by atoms with Crippen molar-refractivity contribution in [1.82, 2.24) is 4.98 Å². The molecule has 1 aromatic carbocycles. The van der Waals surface area contributed by atoms with Gasteiger partial charge in [-0.3, -0.25) is 4.98 Å². The van der Waals surface area contributed by atoms with E-state index in [0.717, 1.165) is 22.5 Å². The van der Waals surface area contributed by atoms with Crippen LogP contribution in [0.15, 0.2) is 53.8 Å². The molecule has 0 radical (unpaired) electrons. The Kier molecular flexibility index (Phi) is 3.25. The Hall–Kier alpha value is -2.20. The predicted molar refractivity (Wildman–Crippen MR) is 72.8 cm³/mol. The number of aliphatic hydroxyl groups is 1. The van der Waals surface area contributed by atoms with Crippen molar-refractivity contribution in [3.8, 4) is 11.3 Å². The van der Waals surface area contributed by atoms with E-state index in [1.54, 1.807) is 6.20 Å². The van der Waals surface area contributed by atoms with Crippen LogP contribution in [-0.4, -0.2) is 28.5 Å². The third-order valence-electron chi connectivity index (χ3n) is 3.12. The fourth-order valence-corrected chi connectivity index (χ4v) is 2.06. The van der Waals surface area contributed by atoms with Gasteiger partial charge in [0, 0.05) is 18.2 Å². The molecule has 1 aromatic heterocycles. The van der Waals surface area contributed by atoms with Gasteiger partial charge in [0.1, 0.15) is 0 Å². The van der Waals surface area contributed by atoms with Crippen LogP contribution in [0, 0.1) is 0 Å². The molecule has 0 saturated carbocycles. The van der Waals surface area contributed by atoms with Gasteiger partial charge in [-0.15, -0.1) is 0 Å². The van der Waals surface area contributed by atoms with Crippen LogP contribution in [0.5, 0.6) is 0 Å². The Labute approximate surface area is 111 Å². The summed E-state index contributed by atoms with van der Waals surface area (Å²) in [5.41, 5.74) is 3.93. The van der Waals surface area contributed by atoms with Crippen LogP contribution < -0.4 is 0 Å². The zero-order valence-corrected chi connectivity index (χ0v) is 10.4. The normalized spacial score (nSPS) is 17.9. The van der Waals surface area contributed by atoms with Crippen molar-refractivity contribution < 1.29 is 9.94 Å². The van der Waals surface area contributed by atoms with Gasteiger partial charge in [0.2, 0.25) is 0 Å². The molecule has 1 N–H and O–H groups in total. The Balaban J connectivity index is 1.80. The second-order valence-corrected chi connectivity index (χ2v) is 4.44. The lowest BCUT2D eigenvalue weighted by molar-refractivity contribution is 0.0390. The van der Waals surface area contributed by atoms with Gasteiger partial charge in [-0.25, -0.2) is 0 Å². The van der Waals surface area contributed by atoms with Gasteiger partial charge >= 0.3 is 0 Å². The molecule has 2 heterocycles. The van der Waals surface area contributed by atoms with Gasteiger partial charge in [-0.05, 0) is 17.7 Å². The quantitative estimate of drug-likeness (QED) is 0.913. The summed E-state index contributed by atoms with van der Waals surface area (Å²) < 4.78 is 0. The fourth-order valence-electron chi connectivity index (χ4n) is 2.06. The summed E-state index contributed by atoms with van der Waals surface area (Å²) in [6, 6.07) is 13.9. The molecule has 1 aliphatic heterocycles. The number of aliphatic hydroxyl groups excluding tert-OH is 1. The van der Waals surface area contributed by atoms with Crippen molar-refractivity contribution >= 4 is 5.71 Å². The van der Waals surface area contributed by atoms with Crippen molar-refractivity contribution in [3.05, 3.63) is 54.2 Å². The van der Waals surface area contributed by atoms with Gasteiger partial charge in [-0.1, -0.05) is 35.5 Å². The van der Waals surface area contributed by atoms with Crippen LogP contribution in [-0.2, 0) is 4.84 Å². The number of nitrogens with zero attached hydrogens (tertiary/aromatic N) is 2. The van der Waals surface area contributed by atoms with E-state index in [1.165, 1.54) is 0 Å². The van der Waals surface area contributed by atoms with Crippen LogP contribution in [0.25, 0.3) is 11.3 Å². The van der Waals surface area contributed by atoms with Crippen molar-refractivity contribution in [1.29, 1.82) is 0 Å². The SMILES string of the molecule is OCC1CC(c2ccc(-c3ccccn3)cc2)=NO1. The Bertz CT molecular complexity index is 579. The largest absolute Gasteiger partial charge is 0.392 e. The van der Waals surface area contributed by atoms with Gasteiger partial charge in [0.15, 0.2) is 6.10 Å². The molecule has 0 saturated heterocycles. The van der Waals surface area contributed by atoms with Crippen LogP contribution in [0.2, 0.25) is 0 Å². The van der Waals surface area contributed by atoms with E-state index in [4.69, 9.17) is 9.94 Å². The molecule has 1 atom stereocenters. The number of oxime groups is 1. The second-order valence-electron chi connectivity index (χ2n) is 4.44. The number of pyridine rings is 1. The molecule has 0 bridgehead atoms. The highest BCUT2D eigenvalue weighted by atomic mass is 16.6. The molecule has 19 heavy (non-hydrogen) atoms. The number of hydrogen-bond acceptors (Lipinski definition) is 4. The lowest BCUT2D eigenvalue weighted by Crippen LogP contribution is -2.12. The number of aromatic nitrogens is 1. The molecule has 1 aliphatic rings. The third kappa shape index (κ3) is 2.48. The van der Waals surface area contributed by atoms with E-state index in [1.807, 2.05) is 42.5 Å². The molecule has 96 valence electrons. The predicted octanol–water partition coefficient (Wildman–Crippen LogP) is 2.23. The summed E-state index contributed by atoms with van der Waals surface area (Å²) in [6.45, 7) is -0.000973. The molecule has 2 aromatic rings. The molecule has 4 nitrogen and oxygen atoms in total. The summed E-state index contributed by atoms with van der Waals surface area (Å²) in [4.78, 5) is 9.42. The fraction of sp³-hybridized carbons (Fsp3) is 0.200. The first kappa shape index (κ1) is 11.9. The van der Waals surface area contributed by atoms with Gasteiger partial charge in [0.25, 0.3) is 0 Å². The van der Waals surface area contributed by atoms with E-state index in [-0.39, 0.29) is 12.7 Å². The molecular formula is C15H14N2O2. The number of rotatable bonds is 3. The molecule has 0 aliphatic carbocycles. The molecule has 1 unspecified atom stereocenters. The maximum absolute atomic E-state index is 9.02. The maximum atomic E-state index is 9.02. The van der Waals surface area contributed by atoms with Crippen molar-refractivity contribution in [2.24, 2.45) is 5.16 Å². The minimum absolute atomic E-state index is 0.000973. The van der Waals surface area contributed by atoms with Crippen LogP contribution in [0.1, 0.15) is 12.0 Å². The number of hydrogen-bond donors (Lipinski definition) is 1. The van der Waals surface area contributed by atoms with E-state index >= 15 is 0 Å². The second kappa shape index (κ2) is 5.20. The highest BCUT2D eigenvalue weighted by molar-refractivity contribution is 6.01. The Morgan fingerprint density at radius 3 is 2.53 bits per heavy atom. The van der Waals surface area contributed by atoms with Gasteiger partial charge in [-0.2, -0.15) is 0 Å². The van der Waals surface area contributed by atoms with E-state index < -0.39 is 0 Å². The topological polar surface area (TPSA) is 54.7 Å². The molecule has 0 spiro atoms. The highest BCUT2D eigenvalue weighted by Crippen LogP contribution is 2.20. The monoisotopic (exact) mass is 254 g/mol. The van der Waals surface area contributed by atoms with Gasteiger partial charge in [0.05, 0.1) is 18.0 Å². The first-order valence-corrected chi connectivity index (χ1v) is 6.22. The molecule has 0 amide bonds. The first-order valence-electron chi connectivity index (χ1n) is 6.22. The van der Waals surface area contributed by atoms with Crippen LogP contribution in [0.4, 0.5) is 0 Å². The lowest BCUT2D eigenvalue weighted by Gasteiger charge is -2.03. The average molecular weight is 254 g/mol. The van der Waals surface area contributed by atoms with E-state index in [2.05, 4.69) is 10.1 Å². The minimum Gasteiger partial charge on any atom is -0.392 e. The Morgan fingerprint density at radius 1 is 1.11 bits per heavy atom. The first-order chi connectivity index (χ1) is 9.36. The van der Waals surface area contributed by atoms with Crippen molar-refractivity contribution in [2.75, 3.05) is 6.61 Å². The van der Waals surface area contributed by atoms with E-state index in [9.17, 15) is 0 Å².